The molecule has 0 saturated carbocycles. The summed E-state index contributed by atoms with van der Waals surface area (Å²) < 4.78 is 39.1. The average molecular weight is 363 g/mol. The van der Waals surface area contributed by atoms with Gasteiger partial charge in [-0.1, -0.05) is 11.6 Å². The normalized spacial score (nSPS) is 11.4. The number of aromatic nitrogens is 2. The Hall–Kier alpha value is -2.62. The van der Waals surface area contributed by atoms with Gasteiger partial charge in [0.1, 0.15) is 6.20 Å². The Morgan fingerprint density at radius 1 is 1.46 bits per heavy atom. The van der Waals surface area contributed by atoms with E-state index in [2.05, 4.69) is 10.3 Å². The number of imidazole rings is 1. The number of nitrogens with one attached hydrogen (secondary N) is 1. The molecule has 1 aromatic carbocycles. The van der Waals surface area contributed by atoms with Gasteiger partial charge in [-0.3, -0.25) is 4.79 Å². The molecular formula is C13H10ClF3N4O3. The zero-order chi connectivity index (χ0) is 18.1. The van der Waals surface area contributed by atoms with Gasteiger partial charge >= 0.3 is 12.0 Å². The molecule has 0 spiro atoms. The molecule has 2 aromatic rings. The van der Waals surface area contributed by atoms with Crippen LogP contribution in [0.4, 0.5) is 24.7 Å². The Morgan fingerprint density at radius 2 is 2.12 bits per heavy atom. The predicted octanol–water partition coefficient (Wildman–Crippen LogP) is 3.41. The fourth-order valence-corrected chi connectivity index (χ4v) is 2.09. The standard InChI is InChI=1S/C13H10ClF3N4O3/c1-7-18-5-12(21(23)24)20(7)6-11(22)19-10-4-8(13(15,16)17)2-3-9(10)14/h2-5H,6H2,1H3,(H,19,22). The van der Waals surface area contributed by atoms with Crippen LogP contribution < -0.4 is 5.32 Å². The van der Waals surface area contributed by atoms with Crippen LogP contribution in [-0.2, 0) is 17.5 Å². The van der Waals surface area contributed by atoms with E-state index in [0.717, 1.165) is 22.9 Å². The number of anilines is 1. The lowest BCUT2D eigenvalue weighted by atomic mass is 10.2. The second kappa shape index (κ2) is 6.48. The maximum atomic E-state index is 12.7. The highest BCUT2D eigenvalue weighted by atomic mass is 35.5. The predicted molar refractivity (Wildman–Crippen MR) is 78.7 cm³/mol. The number of amides is 1. The molecule has 24 heavy (non-hydrogen) atoms. The minimum Gasteiger partial charge on any atom is -0.358 e. The number of hydrogen-bond acceptors (Lipinski definition) is 4. The Morgan fingerprint density at radius 3 is 2.71 bits per heavy atom. The van der Waals surface area contributed by atoms with Crippen LogP contribution in [0.3, 0.4) is 0 Å². The van der Waals surface area contributed by atoms with Crippen LogP contribution in [0.25, 0.3) is 0 Å². The van der Waals surface area contributed by atoms with Crippen molar-refractivity contribution in [1.29, 1.82) is 0 Å². The topological polar surface area (TPSA) is 90.1 Å². The lowest BCUT2D eigenvalue weighted by Crippen LogP contribution is -2.21. The van der Waals surface area contributed by atoms with Crippen LogP contribution in [0.15, 0.2) is 24.4 Å². The molecule has 0 bridgehead atoms. The van der Waals surface area contributed by atoms with Gasteiger partial charge < -0.3 is 15.4 Å². The summed E-state index contributed by atoms with van der Waals surface area (Å²) in [5, 5.41) is 13.0. The highest BCUT2D eigenvalue weighted by molar-refractivity contribution is 6.33. The lowest BCUT2D eigenvalue weighted by Gasteiger charge is -2.11. The van der Waals surface area contributed by atoms with Crippen molar-refractivity contribution in [3.05, 3.63) is 50.9 Å². The minimum atomic E-state index is -4.59. The van der Waals surface area contributed by atoms with Crippen LogP contribution >= 0.6 is 11.6 Å². The van der Waals surface area contributed by atoms with Crippen molar-refractivity contribution >= 4 is 29.0 Å². The molecular weight excluding hydrogens is 353 g/mol. The van der Waals surface area contributed by atoms with E-state index < -0.39 is 34.9 Å². The monoisotopic (exact) mass is 362 g/mol. The Kier molecular flexibility index (Phi) is 4.78. The second-order valence-corrected chi connectivity index (χ2v) is 5.15. The van der Waals surface area contributed by atoms with Crippen molar-refractivity contribution in [2.45, 2.75) is 19.6 Å². The molecule has 7 nitrogen and oxygen atoms in total. The maximum Gasteiger partial charge on any atom is 0.416 e. The number of benzene rings is 1. The van der Waals surface area contributed by atoms with Gasteiger partial charge in [0.15, 0.2) is 12.4 Å². The molecule has 0 aliphatic heterocycles. The molecule has 128 valence electrons. The van der Waals surface area contributed by atoms with E-state index in [1.54, 1.807) is 0 Å². The third kappa shape index (κ3) is 3.82. The molecule has 1 N–H and O–H groups in total. The van der Waals surface area contributed by atoms with Gasteiger partial charge in [0.05, 0.1) is 16.3 Å². The third-order valence-electron chi connectivity index (χ3n) is 3.09. The van der Waals surface area contributed by atoms with E-state index in [-0.39, 0.29) is 16.5 Å². The van der Waals surface area contributed by atoms with Crippen molar-refractivity contribution in [2.75, 3.05) is 5.32 Å². The molecule has 2 rings (SSSR count). The number of hydrogen-bond donors (Lipinski definition) is 1. The smallest absolute Gasteiger partial charge is 0.358 e. The molecule has 0 atom stereocenters. The average Bonchev–Trinajstić information content (AvgIpc) is 2.81. The summed E-state index contributed by atoms with van der Waals surface area (Å²) in [5.41, 5.74) is -1.22. The van der Waals surface area contributed by atoms with E-state index in [1.165, 1.54) is 6.92 Å². The van der Waals surface area contributed by atoms with Gasteiger partial charge in [-0.15, -0.1) is 0 Å². The molecule has 1 heterocycles. The summed E-state index contributed by atoms with van der Waals surface area (Å²) in [4.78, 5) is 25.9. The van der Waals surface area contributed by atoms with Gasteiger partial charge in [0.25, 0.3) is 5.91 Å². The molecule has 1 aromatic heterocycles. The van der Waals surface area contributed by atoms with Gasteiger partial charge in [-0.25, -0.2) is 9.55 Å². The van der Waals surface area contributed by atoms with Crippen molar-refractivity contribution in [2.24, 2.45) is 0 Å². The van der Waals surface area contributed by atoms with Gasteiger partial charge in [-0.05, 0) is 23.1 Å². The molecule has 0 unspecified atom stereocenters. The summed E-state index contributed by atoms with van der Waals surface area (Å²) in [7, 11) is 0. The molecule has 0 saturated heterocycles. The van der Waals surface area contributed by atoms with E-state index in [1.807, 2.05) is 0 Å². The Balaban J connectivity index is 2.22. The van der Waals surface area contributed by atoms with Crippen LogP contribution in [0.1, 0.15) is 11.4 Å². The van der Waals surface area contributed by atoms with E-state index in [0.29, 0.717) is 6.07 Å². The quantitative estimate of drug-likeness (QED) is 0.666. The molecule has 0 radical (unpaired) electrons. The van der Waals surface area contributed by atoms with E-state index in [9.17, 15) is 28.1 Å². The summed E-state index contributed by atoms with van der Waals surface area (Å²) in [5.74, 6) is -0.967. The van der Waals surface area contributed by atoms with Crippen molar-refractivity contribution in [3.8, 4) is 0 Å². The van der Waals surface area contributed by atoms with Crippen molar-refractivity contribution in [3.63, 3.8) is 0 Å². The zero-order valence-electron chi connectivity index (χ0n) is 12.1. The first-order chi connectivity index (χ1) is 11.1. The molecule has 0 aliphatic carbocycles. The summed E-state index contributed by atoms with van der Waals surface area (Å²) in [6, 6.07) is 2.48. The minimum absolute atomic E-state index is 0.0896. The van der Waals surface area contributed by atoms with Crippen molar-refractivity contribution in [1.82, 2.24) is 9.55 Å². The lowest BCUT2D eigenvalue weighted by molar-refractivity contribution is -0.392. The number of rotatable bonds is 4. The SMILES string of the molecule is Cc1ncc([N+](=O)[O-])n1CC(=O)Nc1cc(C(F)(F)F)ccc1Cl. The molecule has 0 aliphatic rings. The van der Waals surface area contributed by atoms with Crippen molar-refractivity contribution < 1.29 is 22.9 Å². The first-order valence-corrected chi connectivity index (χ1v) is 6.80. The number of nitro groups is 1. The number of carbonyl (C=O) groups excluding carboxylic acids is 1. The molecule has 1 amide bonds. The largest absolute Gasteiger partial charge is 0.416 e. The zero-order valence-corrected chi connectivity index (χ0v) is 12.9. The highest BCUT2D eigenvalue weighted by Crippen LogP contribution is 2.33. The number of aryl methyl sites for hydroxylation is 1. The number of halogens is 4. The van der Waals surface area contributed by atoms with E-state index in [4.69, 9.17) is 11.6 Å². The van der Waals surface area contributed by atoms with Crippen LogP contribution in [-0.4, -0.2) is 20.4 Å². The van der Waals surface area contributed by atoms with Crippen LogP contribution in [0.2, 0.25) is 5.02 Å². The first kappa shape index (κ1) is 17.7. The fourth-order valence-electron chi connectivity index (χ4n) is 1.93. The Labute approximate surface area is 138 Å². The number of nitrogens with zero attached hydrogens (tertiary/aromatic N) is 3. The number of alkyl halides is 3. The highest BCUT2D eigenvalue weighted by Gasteiger charge is 2.31. The van der Waals surface area contributed by atoms with Crippen LogP contribution in [0, 0.1) is 17.0 Å². The maximum absolute atomic E-state index is 12.7. The van der Waals surface area contributed by atoms with Gasteiger partial charge in [-0.2, -0.15) is 13.2 Å². The molecule has 0 fully saturated rings. The van der Waals surface area contributed by atoms with Gasteiger partial charge in [0.2, 0.25) is 0 Å². The Bertz CT molecular complexity index is 804. The van der Waals surface area contributed by atoms with E-state index >= 15 is 0 Å². The number of carbonyl (C=O) groups is 1. The summed E-state index contributed by atoms with van der Waals surface area (Å²) in [6.07, 6.45) is -3.61. The van der Waals surface area contributed by atoms with Crippen LogP contribution in [0.5, 0.6) is 0 Å². The summed E-state index contributed by atoms with van der Waals surface area (Å²) >= 11 is 5.78. The molecule has 11 heteroatoms. The summed E-state index contributed by atoms with van der Waals surface area (Å²) in [6.45, 7) is 0.965. The second-order valence-electron chi connectivity index (χ2n) is 4.75. The fraction of sp³-hybridized carbons (Fsp3) is 0.231. The third-order valence-corrected chi connectivity index (χ3v) is 3.42. The van der Waals surface area contributed by atoms with Gasteiger partial charge in [0, 0.05) is 6.92 Å². The first-order valence-electron chi connectivity index (χ1n) is 6.42.